The third kappa shape index (κ3) is 3.11. The zero-order valence-electron chi connectivity index (χ0n) is 8.78. The summed E-state index contributed by atoms with van der Waals surface area (Å²) < 4.78 is 0. The van der Waals surface area contributed by atoms with Crippen LogP contribution >= 0.6 is 0 Å². The Labute approximate surface area is 79.8 Å². The van der Waals surface area contributed by atoms with Crippen molar-refractivity contribution in [1.29, 1.82) is 0 Å². The molecule has 1 aromatic rings. The van der Waals surface area contributed by atoms with E-state index in [1.54, 1.807) is 0 Å². The summed E-state index contributed by atoms with van der Waals surface area (Å²) in [5.74, 6) is 1.33. The van der Waals surface area contributed by atoms with Crippen LogP contribution in [0.3, 0.4) is 0 Å². The Morgan fingerprint density at radius 3 is 2.62 bits per heavy atom. The topological polar surface area (TPSA) is 29.0 Å². The SMILES string of the molecule is CC(C)c1nccc(CN(C)C)n1. The Kier molecular flexibility index (Phi) is 3.37. The van der Waals surface area contributed by atoms with E-state index >= 15 is 0 Å². The number of nitrogens with zero attached hydrogens (tertiary/aromatic N) is 3. The molecule has 0 aliphatic carbocycles. The molecule has 0 atom stereocenters. The van der Waals surface area contributed by atoms with Gasteiger partial charge in [-0.05, 0) is 20.2 Å². The lowest BCUT2D eigenvalue weighted by molar-refractivity contribution is 0.395. The van der Waals surface area contributed by atoms with E-state index in [1.165, 1.54) is 0 Å². The van der Waals surface area contributed by atoms with Crippen LogP contribution in [0.4, 0.5) is 0 Å². The largest absolute Gasteiger partial charge is 0.304 e. The molecule has 1 heterocycles. The molecule has 0 aliphatic heterocycles. The van der Waals surface area contributed by atoms with Crippen molar-refractivity contribution in [2.45, 2.75) is 26.3 Å². The fourth-order valence-corrected chi connectivity index (χ4v) is 1.10. The van der Waals surface area contributed by atoms with Crippen molar-refractivity contribution < 1.29 is 0 Å². The first-order valence-corrected chi connectivity index (χ1v) is 4.56. The van der Waals surface area contributed by atoms with E-state index < -0.39 is 0 Å². The maximum Gasteiger partial charge on any atom is 0.131 e. The Balaban J connectivity index is 2.79. The molecule has 0 aromatic carbocycles. The second kappa shape index (κ2) is 4.33. The van der Waals surface area contributed by atoms with Crippen molar-refractivity contribution in [2.24, 2.45) is 0 Å². The zero-order chi connectivity index (χ0) is 9.84. The van der Waals surface area contributed by atoms with Crippen LogP contribution in [0.1, 0.15) is 31.3 Å². The Morgan fingerprint density at radius 2 is 2.08 bits per heavy atom. The van der Waals surface area contributed by atoms with Gasteiger partial charge in [0, 0.05) is 18.7 Å². The van der Waals surface area contributed by atoms with Gasteiger partial charge in [0.15, 0.2) is 0 Å². The number of hydrogen-bond acceptors (Lipinski definition) is 3. The van der Waals surface area contributed by atoms with Gasteiger partial charge in [-0.1, -0.05) is 13.8 Å². The van der Waals surface area contributed by atoms with Crippen LogP contribution < -0.4 is 0 Å². The molecule has 72 valence electrons. The molecule has 0 spiro atoms. The van der Waals surface area contributed by atoms with E-state index in [0.717, 1.165) is 18.1 Å². The highest BCUT2D eigenvalue weighted by molar-refractivity contribution is 5.04. The summed E-state index contributed by atoms with van der Waals surface area (Å²) in [5, 5.41) is 0. The summed E-state index contributed by atoms with van der Waals surface area (Å²) in [7, 11) is 4.08. The van der Waals surface area contributed by atoms with Crippen LogP contribution in [0.25, 0.3) is 0 Å². The smallest absolute Gasteiger partial charge is 0.131 e. The molecular weight excluding hydrogens is 162 g/mol. The number of rotatable bonds is 3. The van der Waals surface area contributed by atoms with Gasteiger partial charge in [0.25, 0.3) is 0 Å². The van der Waals surface area contributed by atoms with E-state index in [2.05, 4.69) is 28.7 Å². The minimum atomic E-state index is 0.405. The molecule has 1 rings (SSSR count). The van der Waals surface area contributed by atoms with Crippen LogP contribution in [0.2, 0.25) is 0 Å². The molecule has 0 unspecified atom stereocenters. The van der Waals surface area contributed by atoms with E-state index in [0.29, 0.717) is 5.92 Å². The van der Waals surface area contributed by atoms with Gasteiger partial charge in [0.1, 0.15) is 5.82 Å². The summed E-state index contributed by atoms with van der Waals surface area (Å²) in [6, 6.07) is 1.96. The maximum atomic E-state index is 4.46. The van der Waals surface area contributed by atoms with Crippen LogP contribution in [-0.4, -0.2) is 29.0 Å². The summed E-state index contributed by atoms with van der Waals surface area (Å²) in [6.07, 6.45) is 1.83. The summed E-state index contributed by atoms with van der Waals surface area (Å²) >= 11 is 0. The summed E-state index contributed by atoms with van der Waals surface area (Å²) in [5.41, 5.74) is 1.09. The van der Waals surface area contributed by atoms with Gasteiger partial charge in [0.2, 0.25) is 0 Å². The second-order valence-corrected chi connectivity index (χ2v) is 3.80. The molecule has 0 amide bonds. The van der Waals surface area contributed by atoms with E-state index in [9.17, 15) is 0 Å². The molecule has 0 fully saturated rings. The van der Waals surface area contributed by atoms with E-state index in [4.69, 9.17) is 0 Å². The zero-order valence-corrected chi connectivity index (χ0v) is 8.78. The van der Waals surface area contributed by atoms with Gasteiger partial charge in [-0.2, -0.15) is 0 Å². The minimum absolute atomic E-state index is 0.405. The number of aromatic nitrogens is 2. The normalized spacial score (nSPS) is 11.2. The van der Waals surface area contributed by atoms with E-state index in [-0.39, 0.29) is 0 Å². The molecule has 0 aliphatic rings. The van der Waals surface area contributed by atoms with Crippen LogP contribution in [0, 0.1) is 0 Å². The summed E-state index contributed by atoms with van der Waals surface area (Å²) in [4.78, 5) is 10.8. The van der Waals surface area contributed by atoms with Crippen LogP contribution in [0.15, 0.2) is 12.3 Å². The average Bonchev–Trinajstić information content (AvgIpc) is 2.03. The van der Waals surface area contributed by atoms with Crippen molar-refractivity contribution in [3.8, 4) is 0 Å². The lowest BCUT2D eigenvalue weighted by Gasteiger charge is -2.10. The molecule has 13 heavy (non-hydrogen) atoms. The molecule has 0 radical (unpaired) electrons. The molecule has 3 heteroatoms. The Morgan fingerprint density at radius 1 is 1.38 bits per heavy atom. The van der Waals surface area contributed by atoms with Gasteiger partial charge in [-0.15, -0.1) is 0 Å². The Bertz CT molecular complexity index is 269. The van der Waals surface area contributed by atoms with Crippen molar-refractivity contribution >= 4 is 0 Å². The lowest BCUT2D eigenvalue weighted by atomic mass is 10.2. The van der Waals surface area contributed by atoms with Gasteiger partial charge in [-0.3, -0.25) is 0 Å². The number of hydrogen-bond donors (Lipinski definition) is 0. The lowest BCUT2D eigenvalue weighted by Crippen LogP contribution is -2.13. The quantitative estimate of drug-likeness (QED) is 0.706. The molecule has 0 N–H and O–H groups in total. The van der Waals surface area contributed by atoms with Gasteiger partial charge in [0.05, 0.1) is 5.69 Å². The van der Waals surface area contributed by atoms with Crippen molar-refractivity contribution in [3.63, 3.8) is 0 Å². The average molecular weight is 179 g/mol. The highest BCUT2D eigenvalue weighted by atomic mass is 15.1. The van der Waals surface area contributed by atoms with Gasteiger partial charge < -0.3 is 4.90 Å². The predicted octanol–water partition coefficient (Wildman–Crippen LogP) is 1.66. The van der Waals surface area contributed by atoms with Crippen LogP contribution in [-0.2, 0) is 6.54 Å². The molecular formula is C10H17N3. The third-order valence-corrected chi connectivity index (χ3v) is 1.73. The maximum absolute atomic E-state index is 4.46. The third-order valence-electron chi connectivity index (χ3n) is 1.73. The molecule has 0 saturated heterocycles. The predicted molar refractivity (Wildman–Crippen MR) is 53.5 cm³/mol. The highest BCUT2D eigenvalue weighted by Crippen LogP contribution is 2.08. The van der Waals surface area contributed by atoms with Crippen molar-refractivity contribution in [2.75, 3.05) is 14.1 Å². The first-order valence-electron chi connectivity index (χ1n) is 4.56. The second-order valence-electron chi connectivity index (χ2n) is 3.80. The molecule has 1 aromatic heterocycles. The molecule has 0 bridgehead atoms. The fraction of sp³-hybridized carbons (Fsp3) is 0.600. The van der Waals surface area contributed by atoms with Crippen molar-refractivity contribution in [3.05, 3.63) is 23.8 Å². The first-order chi connectivity index (χ1) is 6.09. The first kappa shape index (κ1) is 10.1. The standard InChI is InChI=1S/C10H17N3/c1-8(2)10-11-6-5-9(12-10)7-13(3)4/h5-6,8H,7H2,1-4H3. The van der Waals surface area contributed by atoms with Gasteiger partial charge in [-0.25, -0.2) is 9.97 Å². The fourth-order valence-electron chi connectivity index (χ4n) is 1.10. The Hall–Kier alpha value is -0.960. The monoisotopic (exact) mass is 179 g/mol. The highest BCUT2D eigenvalue weighted by Gasteiger charge is 2.03. The van der Waals surface area contributed by atoms with Gasteiger partial charge >= 0.3 is 0 Å². The molecule has 0 saturated carbocycles. The molecule has 3 nitrogen and oxygen atoms in total. The van der Waals surface area contributed by atoms with Crippen LogP contribution in [0.5, 0.6) is 0 Å². The minimum Gasteiger partial charge on any atom is -0.304 e. The summed E-state index contributed by atoms with van der Waals surface area (Å²) in [6.45, 7) is 5.09. The van der Waals surface area contributed by atoms with Crippen molar-refractivity contribution in [1.82, 2.24) is 14.9 Å². The van der Waals surface area contributed by atoms with E-state index in [1.807, 2.05) is 26.4 Å².